The first kappa shape index (κ1) is 19.1. The van der Waals surface area contributed by atoms with Crippen LogP contribution in [0.2, 0.25) is 0 Å². The van der Waals surface area contributed by atoms with Gasteiger partial charge in [-0.05, 0) is 82.2 Å². The topological polar surface area (TPSA) is 32.3 Å². The highest BCUT2D eigenvalue weighted by atomic mass is 35.5. The van der Waals surface area contributed by atoms with Gasteiger partial charge in [0.25, 0.3) is 0 Å². The number of halogens is 1. The van der Waals surface area contributed by atoms with E-state index in [2.05, 4.69) is 24.1 Å². The predicted molar refractivity (Wildman–Crippen MR) is 97.9 cm³/mol. The molecular formula is C19H35ClN2O. The molecule has 2 atom stereocenters. The van der Waals surface area contributed by atoms with Gasteiger partial charge in [-0.2, -0.15) is 0 Å². The zero-order chi connectivity index (χ0) is 15.5. The number of rotatable bonds is 5. The fourth-order valence-electron chi connectivity index (χ4n) is 4.49. The highest BCUT2D eigenvalue weighted by Gasteiger charge is 2.39. The van der Waals surface area contributed by atoms with E-state index in [1.165, 1.54) is 51.4 Å². The molecule has 0 aromatic carbocycles. The first-order chi connectivity index (χ1) is 10.6. The fourth-order valence-corrected chi connectivity index (χ4v) is 4.49. The van der Waals surface area contributed by atoms with Crippen LogP contribution in [0.4, 0.5) is 0 Å². The van der Waals surface area contributed by atoms with Crippen molar-refractivity contribution in [1.82, 2.24) is 10.2 Å². The van der Waals surface area contributed by atoms with Gasteiger partial charge in [-0.15, -0.1) is 12.4 Å². The number of piperidine rings is 1. The first-order valence-electron chi connectivity index (χ1n) is 9.67. The second-order valence-corrected chi connectivity index (χ2v) is 8.23. The molecule has 2 saturated carbocycles. The van der Waals surface area contributed by atoms with E-state index < -0.39 is 0 Å². The van der Waals surface area contributed by atoms with Crippen LogP contribution in [0, 0.1) is 17.8 Å². The number of nitrogens with one attached hydrogen (secondary N) is 1. The van der Waals surface area contributed by atoms with Crippen LogP contribution in [0.15, 0.2) is 0 Å². The Balaban J connectivity index is 0.00000192. The Morgan fingerprint density at radius 3 is 2.22 bits per heavy atom. The van der Waals surface area contributed by atoms with Crippen molar-refractivity contribution in [3.8, 4) is 0 Å². The molecule has 3 rings (SSSR count). The number of nitrogens with zero attached hydrogens (tertiary/aromatic N) is 1. The summed E-state index contributed by atoms with van der Waals surface area (Å²) in [5.41, 5.74) is 0. The van der Waals surface area contributed by atoms with E-state index in [1.807, 2.05) is 0 Å². The van der Waals surface area contributed by atoms with E-state index in [0.717, 1.165) is 25.4 Å². The van der Waals surface area contributed by atoms with Crippen LogP contribution in [0.25, 0.3) is 0 Å². The number of hydrogen-bond acceptors (Lipinski definition) is 2. The van der Waals surface area contributed by atoms with Crippen LogP contribution in [0.3, 0.4) is 0 Å². The lowest BCUT2D eigenvalue weighted by molar-refractivity contribution is -0.136. The number of hydrogen-bond donors (Lipinski definition) is 1. The average Bonchev–Trinajstić information content (AvgIpc) is 3.35. The SMILES string of the molecule is CC1CCC(N(C(=O)CC(C)C2CCCNC2)C2CC2)CC1.Cl. The molecule has 0 bridgehead atoms. The largest absolute Gasteiger partial charge is 0.337 e. The average molecular weight is 343 g/mol. The third kappa shape index (κ3) is 5.09. The van der Waals surface area contributed by atoms with E-state index in [9.17, 15) is 4.79 Å². The molecule has 0 radical (unpaired) electrons. The minimum Gasteiger partial charge on any atom is -0.337 e. The lowest BCUT2D eigenvalue weighted by Crippen LogP contribution is -2.45. The lowest BCUT2D eigenvalue weighted by atomic mass is 9.84. The maximum absolute atomic E-state index is 13.0. The van der Waals surface area contributed by atoms with E-state index in [-0.39, 0.29) is 12.4 Å². The molecule has 134 valence electrons. The van der Waals surface area contributed by atoms with Crippen LogP contribution in [-0.4, -0.2) is 36.0 Å². The number of carbonyl (C=O) groups is 1. The molecule has 1 amide bonds. The van der Waals surface area contributed by atoms with Gasteiger partial charge < -0.3 is 10.2 Å². The van der Waals surface area contributed by atoms with E-state index >= 15 is 0 Å². The highest BCUT2D eigenvalue weighted by molar-refractivity contribution is 5.85. The summed E-state index contributed by atoms with van der Waals surface area (Å²) in [6.45, 7) is 6.92. The Labute approximate surface area is 148 Å². The second-order valence-electron chi connectivity index (χ2n) is 8.23. The Hall–Kier alpha value is -0.280. The maximum Gasteiger partial charge on any atom is 0.223 e. The highest BCUT2D eigenvalue weighted by Crippen LogP contribution is 2.36. The summed E-state index contributed by atoms with van der Waals surface area (Å²) in [6, 6.07) is 1.13. The normalized spacial score (nSPS) is 32.7. The van der Waals surface area contributed by atoms with E-state index in [1.54, 1.807) is 0 Å². The Morgan fingerprint density at radius 2 is 1.70 bits per heavy atom. The molecule has 3 fully saturated rings. The maximum atomic E-state index is 13.0. The van der Waals surface area contributed by atoms with Crippen LogP contribution in [-0.2, 0) is 4.79 Å². The van der Waals surface area contributed by atoms with Crippen molar-refractivity contribution >= 4 is 18.3 Å². The molecule has 1 heterocycles. The summed E-state index contributed by atoms with van der Waals surface area (Å²) in [5, 5.41) is 3.50. The van der Waals surface area contributed by atoms with Crippen molar-refractivity contribution in [3.05, 3.63) is 0 Å². The van der Waals surface area contributed by atoms with E-state index in [4.69, 9.17) is 0 Å². The van der Waals surface area contributed by atoms with Crippen LogP contribution in [0.5, 0.6) is 0 Å². The van der Waals surface area contributed by atoms with Gasteiger partial charge in [0.15, 0.2) is 0 Å². The molecule has 23 heavy (non-hydrogen) atoms. The van der Waals surface area contributed by atoms with Crippen molar-refractivity contribution in [1.29, 1.82) is 0 Å². The zero-order valence-corrected chi connectivity index (χ0v) is 15.7. The molecule has 3 nitrogen and oxygen atoms in total. The van der Waals surface area contributed by atoms with Gasteiger partial charge in [-0.1, -0.05) is 13.8 Å². The van der Waals surface area contributed by atoms with Gasteiger partial charge in [0.05, 0.1) is 0 Å². The zero-order valence-electron chi connectivity index (χ0n) is 14.9. The third-order valence-electron chi connectivity index (χ3n) is 6.24. The van der Waals surface area contributed by atoms with E-state index in [0.29, 0.717) is 29.8 Å². The number of amides is 1. The molecule has 2 unspecified atom stereocenters. The summed E-state index contributed by atoms with van der Waals surface area (Å²) in [4.78, 5) is 15.3. The third-order valence-corrected chi connectivity index (χ3v) is 6.24. The standard InChI is InChI=1S/C19H34N2O.ClH/c1-14-5-7-17(8-6-14)21(18-9-10-18)19(22)12-15(2)16-4-3-11-20-13-16;/h14-18,20H,3-13H2,1-2H3;1H. The smallest absolute Gasteiger partial charge is 0.223 e. The summed E-state index contributed by atoms with van der Waals surface area (Å²) >= 11 is 0. The molecular weight excluding hydrogens is 308 g/mol. The summed E-state index contributed by atoms with van der Waals surface area (Å²) in [7, 11) is 0. The van der Waals surface area contributed by atoms with Crippen LogP contribution < -0.4 is 5.32 Å². The molecule has 1 aliphatic heterocycles. The summed E-state index contributed by atoms with van der Waals surface area (Å²) < 4.78 is 0. The van der Waals surface area contributed by atoms with Crippen molar-refractivity contribution in [2.24, 2.45) is 17.8 Å². The Bertz CT molecular complexity index is 372. The second kappa shape index (κ2) is 8.71. The van der Waals surface area contributed by atoms with Gasteiger partial charge >= 0.3 is 0 Å². The molecule has 0 spiro atoms. The fraction of sp³-hybridized carbons (Fsp3) is 0.947. The van der Waals surface area contributed by atoms with Gasteiger partial charge in [-0.3, -0.25) is 4.79 Å². The molecule has 0 aromatic rings. The van der Waals surface area contributed by atoms with Crippen molar-refractivity contribution in [2.45, 2.75) is 83.7 Å². The molecule has 1 saturated heterocycles. The predicted octanol–water partition coefficient (Wildman–Crippen LogP) is 4.00. The minimum atomic E-state index is 0. The lowest BCUT2D eigenvalue weighted by Gasteiger charge is -2.38. The van der Waals surface area contributed by atoms with Gasteiger partial charge in [0.1, 0.15) is 0 Å². The molecule has 4 heteroatoms. The first-order valence-corrected chi connectivity index (χ1v) is 9.67. The molecule has 2 aliphatic carbocycles. The van der Waals surface area contributed by atoms with Crippen molar-refractivity contribution in [3.63, 3.8) is 0 Å². The van der Waals surface area contributed by atoms with Gasteiger partial charge in [0, 0.05) is 18.5 Å². The number of carbonyl (C=O) groups excluding carboxylic acids is 1. The summed E-state index contributed by atoms with van der Waals surface area (Å²) in [6.07, 6.45) is 10.9. The van der Waals surface area contributed by atoms with Crippen LogP contribution >= 0.6 is 12.4 Å². The van der Waals surface area contributed by atoms with Gasteiger partial charge in [-0.25, -0.2) is 0 Å². The van der Waals surface area contributed by atoms with Crippen LogP contribution in [0.1, 0.15) is 71.6 Å². The molecule has 0 aromatic heterocycles. The van der Waals surface area contributed by atoms with Crippen molar-refractivity contribution in [2.75, 3.05) is 13.1 Å². The summed E-state index contributed by atoms with van der Waals surface area (Å²) in [5.74, 6) is 2.55. The quantitative estimate of drug-likeness (QED) is 0.818. The minimum absolute atomic E-state index is 0. The monoisotopic (exact) mass is 342 g/mol. The van der Waals surface area contributed by atoms with Gasteiger partial charge in [0.2, 0.25) is 5.91 Å². The molecule has 3 aliphatic rings. The molecule has 1 N–H and O–H groups in total. The Kier molecular flexibility index (Phi) is 7.21. The Morgan fingerprint density at radius 1 is 1.09 bits per heavy atom. The van der Waals surface area contributed by atoms with Crippen molar-refractivity contribution < 1.29 is 4.79 Å².